The standard InChI is InChI=1S/C12H14N6/c1-3-9-12(14)10(4-2)18(17-9)11-7-15-8(5-13)6-16-11/h6-7H,3-4,14H2,1-2H3. The number of aromatic nitrogens is 4. The van der Waals surface area contributed by atoms with Gasteiger partial charge in [0.2, 0.25) is 0 Å². The predicted octanol–water partition coefficient (Wildman–Crippen LogP) is 1.24. The zero-order valence-corrected chi connectivity index (χ0v) is 10.4. The lowest BCUT2D eigenvalue weighted by Gasteiger charge is -2.04. The van der Waals surface area contributed by atoms with Crippen molar-refractivity contribution in [3.05, 3.63) is 29.5 Å². The van der Waals surface area contributed by atoms with E-state index in [2.05, 4.69) is 15.1 Å². The highest BCUT2D eigenvalue weighted by Gasteiger charge is 2.14. The summed E-state index contributed by atoms with van der Waals surface area (Å²) in [5.74, 6) is 0.581. The van der Waals surface area contributed by atoms with Gasteiger partial charge in [-0.15, -0.1) is 0 Å². The molecule has 0 unspecified atom stereocenters. The molecular formula is C12H14N6. The zero-order chi connectivity index (χ0) is 13.1. The first-order valence-electron chi connectivity index (χ1n) is 5.80. The third-order valence-corrected chi connectivity index (χ3v) is 2.74. The van der Waals surface area contributed by atoms with Gasteiger partial charge in [0.25, 0.3) is 0 Å². The van der Waals surface area contributed by atoms with E-state index in [9.17, 15) is 0 Å². The van der Waals surface area contributed by atoms with Gasteiger partial charge in [0.1, 0.15) is 6.07 Å². The monoisotopic (exact) mass is 242 g/mol. The molecule has 0 aliphatic heterocycles. The largest absolute Gasteiger partial charge is 0.396 e. The number of anilines is 1. The van der Waals surface area contributed by atoms with Gasteiger partial charge in [0.05, 0.1) is 29.5 Å². The summed E-state index contributed by atoms with van der Waals surface area (Å²) in [6, 6.07) is 1.93. The molecule has 2 rings (SSSR count). The van der Waals surface area contributed by atoms with Crippen LogP contribution in [0.2, 0.25) is 0 Å². The fourth-order valence-electron chi connectivity index (χ4n) is 1.79. The van der Waals surface area contributed by atoms with Crippen LogP contribution in [0.25, 0.3) is 5.82 Å². The average molecular weight is 242 g/mol. The second kappa shape index (κ2) is 4.84. The topological polar surface area (TPSA) is 93.4 Å². The molecular weight excluding hydrogens is 228 g/mol. The normalized spacial score (nSPS) is 10.3. The first-order chi connectivity index (χ1) is 8.71. The number of rotatable bonds is 3. The molecule has 0 amide bonds. The van der Waals surface area contributed by atoms with Crippen molar-refractivity contribution in [3.63, 3.8) is 0 Å². The van der Waals surface area contributed by atoms with Gasteiger partial charge in [-0.25, -0.2) is 14.6 Å². The Labute approximate surface area is 105 Å². The second-order valence-corrected chi connectivity index (χ2v) is 3.80. The van der Waals surface area contributed by atoms with Crippen molar-refractivity contribution in [1.29, 1.82) is 5.26 Å². The highest BCUT2D eigenvalue weighted by molar-refractivity contribution is 5.50. The van der Waals surface area contributed by atoms with Gasteiger partial charge in [-0.3, -0.25) is 0 Å². The Morgan fingerprint density at radius 2 is 2.06 bits per heavy atom. The summed E-state index contributed by atoms with van der Waals surface area (Å²) in [5.41, 5.74) is 8.81. The molecule has 92 valence electrons. The lowest BCUT2D eigenvalue weighted by atomic mass is 10.2. The first-order valence-corrected chi connectivity index (χ1v) is 5.80. The van der Waals surface area contributed by atoms with E-state index in [1.807, 2.05) is 19.9 Å². The van der Waals surface area contributed by atoms with Crippen LogP contribution < -0.4 is 5.73 Å². The van der Waals surface area contributed by atoms with Crippen molar-refractivity contribution in [2.45, 2.75) is 26.7 Å². The van der Waals surface area contributed by atoms with Crippen LogP contribution in [0, 0.1) is 11.3 Å². The van der Waals surface area contributed by atoms with Gasteiger partial charge in [-0.1, -0.05) is 13.8 Å². The number of aryl methyl sites for hydroxylation is 1. The Morgan fingerprint density at radius 1 is 1.28 bits per heavy atom. The predicted molar refractivity (Wildman–Crippen MR) is 67.0 cm³/mol. The van der Waals surface area contributed by atoms with E-state index < -0.39 is 0 Å². The van der Waals surface area contributed by atoms with Crippen molar-refractivity contribution in [1.82, 2.24) is 19.7 Å². The van der Waals surface area contributed by atoms with E-state index in [-0.39, 0.29) is 5.69 Å². The lowest BCUT2D eigenvalue weighted by molar-refractivity contribution is 0.766. The van der Waals surface area contributed by atoms with Gasteiger partial charge in [-0.2, -0.15) is 10.4 Å². The number of nitriles is 1. The summed E-state index contributed by atoms with van der Waals surface area (Å²) < 4.78 is 1.70. The molecule has 18 heavy (non-hydrogen) atoms. The number of nitrogens with two attached hydrogens (primary N) is 1. The molecule has 0 spiro atoms. The molecule has 0 saturated heterocycles. The van der Waals surface area contributed by atoms with Crippen molar-refractivity contribution < 1.29 is 0 Å². The molecule has 0 saturated carbocycles. The number of hydrogen-bond acceptors (Lipinski definition) is 5. The van der Waals surface area contributed by atoms with Crippen molar-refractivity contribution in [3.8, 4) is 11.9 Å². The SMILES string of the molecule is CCc1nn(-c2cnc(C#N)cn2)c(CC)c1N. The quantitative estimate of drug-likeness (QED) is 0.873. The van der Waals surface area contributed by atoms with Gasteiger partial charge in [0, 0.05) is 0 Å². The van der Waals surface area contributed by atoms with Gasteiger partial charge in [-0.05, 0) is 12.8 Å². The summed E-state index contributed by atoms with van der Waals surface area (Å²) in [7, 11) is 0. The van der Waals surface area contributed by atoms with E-state index in [4.69, 9.17) is 11.0 Å². The average Bonchev–Trinajstić information content (AvgIpc) is 2.75. The van der Waals surface area contributed by atoms with Crippen LogP contribution in [0.4, 0.5) is 5.69 Å². The molecule has 2 N–H and O–H groups in total. The summed E-state index contributed by atoms with van der Waals surface area (Å²) >= 11 is 0. The third-order valence-electron chi connectivity index (χ3n) is 2.74. The van der Waals surface area contributed by atoms with E-state index in [0.29, 0.717) is 11.5 Å². The molecule has 0 aliphatic carbocycles. The highest BCUT2D eigenvalue weighted by atomic mass is 15.3. The zero-order valence-electron chi connectivity index (χ0n) is 10.4. The Kier molecular flexibility index (Phi) is 3.24. The molecule has 0 fully saturated rings. The van der Waals surface area contributed by atoms with Crippen molar-refractivity contribution in [2.75, 3.05) is 5.73 Å². The van der Waals surface area contributed by atoms with E-state index in [0.717, 1.165) is 24.2 Å². The maximum atomic E-state index is 8.69. The van der Waals surface area contributed by atoms with Crippen molar-refractivity contribution in [2.24, 2.45) is 0 Å². The van der Waals surface area contributed by atoms with Crippen LogP contribution in [-0.4, -0.2) is 19.7 Å². The molecule has 0 aromatic carbocycles. The summed E-state index contributed by atoms with van der Waals surface area (Å²) in [6.07, 6.45) is 4.50. The fourth-order valence-corrected chi connectivity index (χ4v) is 1.79. The Hall–Kier alpha value is -2.42. The maximum absolute atomic E-state index is 8.69. The van der Waals surface area contributed by atoms with Gasteiger partial charge < -0.3 is 5.73 Å². The van der Waals surface area contributed by atoms with E-state index in [1.54, 1.807) is 4.68 Å². The Morgan fingerprint density at radius 3 is 2.56 bits per heavy atom. The molecule has 0 bridgehead atoms. The number of hydrogen-bond donors (Lipinski definition) is 1. The molecule has 2 aromatic heterocycles. The number of nitrogens with zero attached hydrogens (tertiary/aromatic N) is 5. The summed E-state index contributed by atoms with van der Waals surface area (Å²) in [6.45, 7) is 4.02. The summed E-state index contributed by atoms with van der Waals surface area (Å²) in [5, 5.41) is 13.1. The fraction of sp³-hybridized carbons (Fsp3) is 0.333. The van der Waals surface area contributed by atoms with E-state index in [1.165, 1.54) is 12.4 Å². The molecule has 6 nitrogen and oxygen atoms in total. The minimum Gasteiger partial charge on any atom is -0.396 e. The van der Waals surface area contributed by atoms with Crippen LogP contribution in [-0.2, 0) is 12.8 Å². The molecule has 6 heteroatoms. The Bertz CT molecular complexity index is 590. The Balaban J connectivity index is 2.52. The molecule has 0 radical (unpaired) electrons. The first kappa shape index (κ1) is 12.0. The van der Waals surface area contributed by atoms with E-state index >= 15 is 0 Å². The molecule has 2 heterocycles. The third kappa shape index (κ3) is 1.91. The smallest absolute Gasteiger partial charge is 0.172 e. The molecule has 0 aliphatic rings. The summed E-state index contributed by atoms with van der Waals surface area (Å²) in [4.78, 5) is 8.17. The minimum atomic E-state index is 0.285. The lowest BCUT2D eigenvalue weighted by Crippen LogP contribution is -2.05. The van der Waals surface area contributed by atoms with Gasteiger partial charge >= 0.3 is 0 Å². The van der Waals surface area contributed by atoms with Crippen LogP contribution >= 0.6 is 0 Å². The van der Waals surface area contributed by atoms with Gasteiger partial charge in [0.15, 0.2) is 11.5 Å². The minimum absolute atomic E-state index is 0.285. The van der Waals surface area contributed by atoms with Crippen LogP contribution in [0.15, 0.2) is 12.4 Å². The molecule has 2 aromatic rings. The maximum Gasteiger partial charge on any atom is 0.172 e. The highest BCUT2D eigenvalue weighted by Crippen LogP contribution is 2.20. The molecule has 0 atom stereocenters. The van der Waals surface area contributed by atoms with Crippen LogP contribution in [0.1, 0.15) is 30.9 Å². The van der Waals surface area contributed by atoms with Crippen LogP contribution in [0.3, 0.4) is 0 Å². The number of nitrogen functional groups attached to an aromatic ring is 1. The van der Waals surface area contributed by atoms with Crippen molar-refractivity contribution >= 4 is 5.69 Å². The van der Waals surface area contributed by atoms with Crippen LogP contribution in [0.5, 0.6) is 0 Å². The second-order valence-electron chi connectivity index (χ2n) is 3.80.